The first kappa shape index (κ1) is 15.2. The molecular formula is C16H23N3O3. The van der Waals surface area contributed by atoms with Gasteiger partial charge in [-0.05, 0) is 51.9 Å². The molecule has 0 aromatic carbocycles. The lowest BCUT2D eigenvalue weighted by Gasteiger charge is -2.38. The van der Waals surface area contributed by atoms with Crippen LogP contribution in [0.1, 0.15) is 26.7 Å². The molecule has 3 rings (SSSR count). The number of aliphatic hydroxyl groups excluding tert-OH is 1. The molecule has 0 spiro atoms. The highest BCUT2D eigenvalue weighted by Gasteiger charge is 2.42. The van der Waals surface area contributed by atoms with Crippen molar-refractivity contribution in [3.8, 4) is 5.75 Å². The summed E-state index contributed by atoms with van der Waals surface area (Å²) in [5.74, 6) is 0.909. The van der Waals surface area contributed by atoms with Crippen molar-refractivity contribution in [2.75, 3.05) is 31.1 Å². The Morgan fingerprint density at radius 1 is 1.36 bits per heavy atom. The van der Waals surface area contributed by atoms with Crippen molar-refractivity contribution in [2.45, 2.75) is 38.4 Å². The third-order valence-electron chi connectivity index (χ3n) is 4.19. The molecule has 1 fully saturated rings. The summed E-state index contributed by atoms with van der Waals surface area (Å²) < 4.78 is 5.73. The van der Waals surface area contributed by atoms with Gasteiger partial charge in [0, 0.05) is 12.7 Å². The summed E-state index contributed by atoms with van der Waals surface area (Å²) in [7, 11) is 0. The van der Waals surface area contributed by atoms with Gasteiger partial charge in [-0.2, -0.15) is 0 Å². The van der Waals surface area contributed by atoms with E-state index >= 15 is 0 Å². The van der Waals surface area contributed by atoms with E-state index in [1.54, 1.807) is 37.1 Å². The molecule has 6 heteroatoms. The normalized spacial score (nSPS) is 22.3. The molecule has 1 unspecified atom stereocenters. The molecule has 0 radical (unpaired) electrons. The van der Waals surface area contributed by atoms with Crippen LogP contribution in [0.5, 0.6) is 5.75 Å². The first-order chi connectivity index (χ1) is 10.5. The lowest BCUT2D eigenvalue weighted by atomic mass is 10.0. The highest BCUT2D eigenvalue weighted by molar-refractivity contribution is 6.01. The largest absolute Gasteiger partial charge is 0.474 e. The van der Waals surface area contributed by atoms with E-state index in [-0.39, 0.29) is 12.5 Å². The van der Waals surface area contributed by atoms with Gasteiger partial charge in [0.05, 0.1) is 12.6 Å². The molecule has 2 aliphatic heterocycles. The van der Waals surface area contributed by atoms with Gasteiger partial charge in [0.1, 0.15) is 0 Å². The minimum absolute atomic E-state index is 0.167. The molecule has 6 nitrogen and oxygen atoms in total. The van der Waals surface area contributed by atoms with Crippen molar-refractivity contribution in [3.63, 3.8) is 0 Å². The maximum atomic E-state index is 12.6. The summed E-state index contributed by atoms with van der Waals surface area (Å²) in [5.41, 5.74) is -0.941. The Morgan fingerprint density at radius 3 is 2.82 bits per heavy atom. The molecule has 1 N–H and O–H groups in total. The highest BCUT2D eigenvalue weighted by atomic mass is 16.5. The zero-order valence-corrected chi connectivity index (χ0v) is 13.2. The predicted molar refractivity (Wildman–Crippen MR) is 83.0 cm³/mol. The fourth-order valence-electron chi connectivity index (χ4n) is 3.11. The number of β-amino-alcohol motifs (C(OH)–C–C–N with tert-alkyl or cyclic N) is 1. The second-order valence-corrected chi connectivity index (χ2v) is 6.51. The summed E-state index contributed by atoms with van der Waals surface area (Å²) in [6.07, 6.45) is 3.40. The van der Waals surface area contributed by atoms with Crippen LogP contribution in [0.25, 0.3) is 0 Å². The molecule has 1 aromatic heterocycles. The predicted octanol–water partition coefficient (Wildman–Crippen LogP) is 1.04. The van der Waals surface area contributed by atoms with Crippen molar-refractivity contribution in [3.05, 3.63) is 18.3 Å². The number of rotatable bonds is 4. The number of carbonyl (C=O) groups excluding carboxylic acids is 1. The first-order valence-corrected chi connectivity index (χ1v) is 7.84. The summed E-state index contributed by atoms with van der Waals surface area (Å²) in [4.78, 5) is 20.7. The zero-order valence-electron chi connectivity index (χ0n) is 13.2. The molecule has 0 bridgehead atoms. The number of amides is 1. The van der Waals surface area contributed by atoms with Crippen molar-refractivity contribution in [2.24, 2.45) is 0 Å². The van der Waals surface area contributed by atoms with Crippen molar-refractivity contribution in [1.82, 2.24) is 9.88 Å². The SMILES string of the molecule is CC1(C)Oc2cccnc2N(CC(O)CN2CCCC2)C1=O. The highest BCUT2D eigenvalue weighted by Crippen LogP contribution is 2.35. The molecule has 0 saturated carbocycles. The van der Waals surface area contributed by atoms with E-state index in [4.69, 9.17) is 4.74 Å². The number of aromatic nitrogens is 1. The van der Waals surface area contributed by atoms with Crippen LogP contribution in [-0.4, -0.2) is 58.8 Å². The quantitative estimate of drug-likeness (QED) is 0.900. The molecule has 0 aliphatic carbocycles. The van der Waals surface area contributed by atoms with Crippen LogP contribution in [0.15, 0.2) is 18.3 Å². The number of pyridine rings is 1. The molecule has 1 amide bonds. The number of anilines is 1. The second kappa shape index (κ2) is 5.85. The van der Waals surface area contributed by atoms with E-state index in [0.29, 0.717) is 18.1 Å². The average molecular weight is 305 g/mol. The lowest BCUT2D eigenvalue weighted by molar-refractivity contribution is -0.133. The Hall–Kier alpha value is -1.66. The van der Waals surface area contributed by atoms with E-state index in [9.17, 15) is 9.90 Å². The number of hydrogen-bond donors (Lipinski definition) is 1. The van der Waals surface area contributed by atoms with Gasteiger partial charge in [0.25, 0.3) is 5.91 Å². The van der Waals surface area contributed by atoms with E-state index < -0.39 is 11.7 Å². The Morgan fingerprint density at radius 2 is 2.09 bits per heavy atom. The second-order valence-electron chi connectivity index (χ2n) is 6.51. The molecule has 1 atom stereocenters. The van der Waals surface area contributed by atoms with Gasteiger partial charge in [-0.25, -0.2) is 4.98 Å². The third kappa shape index (κ3) is 2.94. The molecule has 3 heterocycles. The Balaban J connectivity index is 1.77. The van der Waals surface area contributed by atoms with Gasteiger partial charge in [-0.15, -0.1) is 0 Å². The fraction of sp³-hybridized carbons (Fsp3) is 0.625. The van der Waals surface area contributed by atoms with Crippen LogP contribution in [0.2, 0.25) is 0 Å². The Kier molecular flexibility index (Phi) is 4.06. The number of likely N-dealkylation sites (tertiary alicyclic amines) is 1. The van der Waals surface area contributed by atoms with Gasteiger partial charge in [-0.1, -0.05) is 0 Å². The van der Waals surface area contributed by atoms with Crippen LogP contribution in [0, 0.1) is 0 Å². The van der Waals surface area contributed by atoms with Gasteiger partial charge in [0.2, 0.25) is 0 Å². The molecule has 1 saturated heterocycles. The van der Waals surface area contributed by atoms with Gasteiger partial charge < -0.3 is 14.7 Å². The van der Waals surface area contributed by atoms with Crippen molar-refractivity contribution < 1.29 is 14.6 Å². The number of carbonyl (C=O) groups is 1. The number of fused-ring (bicyclic) bond motifs is 1. The van der Waals surface area contributed by atoms with E-state index in [2.05, 4.69) is 9.88 Å². The van der Waals surface area contributed by atoms with Crippen LogP contribution in [0.3, 0.4) is 0 Å². The standard InChI is InChI=1S/C16H23N3O3/c1-16(2)15(21)19(14-13(22-16)6-5-7-17-14)11-12(20)10-18-8-3-4-9-18/h5-7,12,20H,3-4,8-11H2,1-2H3. The minimum Gasteiger partial charge on any atom is -0.474 e. The van der Waals surface area contributed by atoms with Gasteiger partial charge in [-0.3, -0.25) is 9.69 Å². The monoisotopic (exact) mass is 305 g/mol. The van der Waals surface area contributed by atoms with Crippen LogP contribution in [0.4, 0.5) is 5.82 Å². The minimum atomic E-state index is -0.941. The van der Waals surface area contributed by atoms with Crippen LogP contribution < -0.4 is 9.64 Å². The lowest BCUT2D eigenvalue weighted by Crippen LogP contribution is -2.55. The smallest absolute Gasteiger partial charge is 0.271 e. The third-order valence-corrected chi connectivity index (χ3v) is 4.19. The average Bonchev–Trinajstić information content (AvgIpc) is 2.96. The molecule has 2 aliphatic rings. The van der Waals surface area contributed by atoms with E-state index in [0.717, 1.165) is 13.1 Å². The Labute approximate surface area is 130 Å². The summed E-state index contributed by atoms with van der Waals surface area (Å²) >= 11 is 0. The summed E-state index contributed by atoms with van der Waals surface area (Å²) in [6.45, 7) is 6.36. The maximum Gasteiger partial charge on any atom is 0.271 e. The van der Waals surface area contributed by atoms with Crippen LogP contribution >= 0.6 is 0 Å². The Bertz CT molecular complexity index is 555. The fourth-order valence-corrected chi connectivity index (χ4v) is 3.11. The molecule has 120 valence electrons. The number of ether oxygens (including phenoxy) is 1. The van der Waals surface area contributed by atoms with Crippen LogP contribution in [-0.2, 0) is 4.79 Å². The zero-order chi connectivity index (χ0) is 15.7. The maximum absolute atomic E-state index is 12.6. The molecule has 1 aromatic rings. The number of nitrogens with zero attached hydrogens (tertiary/aromatic N) is 3. The van der Waals surface area contributed by atoms with Gasteiger partial charge in [0.15, 0.2) is 17.2 Å². The molecular weight excluding hydrogens is 282 g/mol. The summed E-state index contributed by atoms with van der Waals surface area (Å²) in [6, 6.07) is 3.58. The molecule has 22 heavy (non-hydrogen) atoms. The number of hydrogen-bond acceptors (Lipinski definition) is 5. The topological polar surface area (TPSA) is 65.9 Å². The van der Waals surface area contributed by atoms with Crippen molar-refractivity contribution in [1.29, 1.82) is 0 Å². The number of aliphatic hydroxyl groups is 1. The van der Waals surface area contributed by atoms with Gasteiger partial charge >= 0.3 is 0 Å². The first-order valence-electron chi connectivity index (χ1n) is 7.84. The van der Waals surface area contributed by atoms with E-state index in [1.165, 1.54) is 12.8 Å². The summed E-state index contributed by atoms with van der Waals surface area (Å²) in [5, 5.41) is 10.4. The van der Waals surface area contributed by atoms with E-state index in [1.807, 2.05) is 0 Å². The van der Waals surface area contributed by atoms with Crippen molar-refractivity contribution >= 4 is 11.7 Å².